The number of benzene rings is 7. The van der Waals surface area contributed by atoms with E-state index in [2.05, 4.69) is 193 Å². The van der Waals surface area contributed by atoms with Crippen LogP contribution in [0, 0.1) is 0 Å². The van der Waals surface area contributed by atoms with Crippen LogP contribution in [0.4, 0.5) is 0 Å². The molecular formula is C49H34N4. The highest BCUT2D eigenvalue weighted by atomic mass is 15.0. The summed E-state index contributed by atoms with van der Waals surface area (Å²) in [4.78, 5) is 10.5. The van der Waals surface area contributed by atoms with Gasteiger partial charge in [0, 0.05) is 55.7 Å². The lowest BCUT2D eigenvalue weighted by Crippen LogP contribution is -2.15. The van der Waals surface area contributed by atoms with Crippen molar-refractivity contribution in [2.24, 2.45) is 0 Å². The lowest BCUT2D eigenvalue weighted by Gasteiger charge is -2.22. The smallest absolute Gasteiger partial charge is 0.160 e. The fourth-order valence-corrected chi connectivity index (χ4v) is 8.75. The maximum Gasteiger partial charge on any atom is 0.160 e. The highest BCUT2D eigenvalue weighted by Gasteiger charge is 2.35. The molecule has 0 fully saturated rings. The second-order valence-corrected chi connectivity index (χ2v) is 14.7. The summed E-state index contributed by atoms with van der Waals surface area (Å²) in [5.41, 5.74) is 14.9. The largest absolute Gasteiger partial charge is 0.316 e. The number of hydrogen-bond acceptors (Lipinski definition) is 2. The van der Waals surface area contributed by atoms with Gasteiger partial charge in [-0.15, -0.1) is 0 Å². The Bertz CT molecular complexity index is 3090. The molecular weight excluding hydrogens is 645 g/mol. The van der Waals surface area contributed by atoms with Crippen molar-refractivity contribution in [3.8, 4) is 45.1 Å². The molecule has 1 aliphatic rings. The average Bonchev–Trinajstić information content (AvgIpc) is 3.84. The van der Waals surface area contributed by atoms with Gasteiger partial charge in [-0.1, -0.05) is 117 Å². The normalized spacial score (nSPS) is 13.2. The molecule has 0 unspecified atom stereocenters. The predicted octanol–water partition coefficient (Wildman–Crippen LogP) is 12.3. The van der Waals surface area contributed by atoms with E-state index in [1.165, 1.54) is 49.4 Å². The van der Waals surface area contributed by atoms with Gasteiger partial charge in [0.25, 0.3) is 0 Å². The molecule has 4 nitrogen and oxygen atoms in total. The number of fused-ring (bicyclic) bond motifs is 8. The van der Waals surface area contributed by atoms with Crippen molar-refractivity contribution in [2.45, 2.75) is 19.3 Å². The number of para-hydroxylation sites is 3. The van der Waals surface area contributed by atoms with Crippen LogP contribution in [0.25, 0.3) is 88.8 Å². The van der Waals surface area contributed by atoms with E-state index in [4.69, 9.17) is 9.97 Å². The first-order valence-electron chi connectivity index (χ1n) is 18.2. The lowest BCUT2D eigenvalue weighted by molar-refractivity contribution is 0.660. The number of nitrogens with zero attached hydrogens (tertiary/aromatic N) is 4. The second kappa shape index (κ2) is 11.1. The van der Waals surface area contributed by atoms with Crippen molar-refractivity contribution in [1.82, 2.24) is 19.1 Å². The molecule has 4 heteroatoms. The Kier molecular flexibility index (Phi) is 6.27. The summed E-state index contributed by atoms with van der Waals surface area (Å²) < 4.78 is 4.66. The molecule has 0 saturated heterocycles. The molecule has 250 valence electrons. The van der Waals surface area contributed by atoms with Gasteiger partial charge in [-0.2, -0.15) is 0 Å². The molecule has 0 saturated carbocycles. The quantitative estimate of drug-likeness (QED) is 0.186. The van der Waals surface area contributed by atoms with Gasteiger partial charge in [0.2, 0.25) is 0 Å². The minimum absolute atomic E-state index is 0.0987. The van der Waals surface area contributed by atoms with Crippen LogP contribution >= 0.6 is 0 Å². The minimum atomic E-state index is -0.0987. The SMILES string of the molecule is CC1(C)c2ccccc2-c2ccc(-c3nc(-c4cccc(-n5c6ccccc6c6cc7ccn(-c8ccccc8)c7cc65)c4)nc4ccccc34)cc21. The summed E-state index contributed by atoms with van der Waals surface area (Å²) in [6, 6.07) is 58.9. The fourth-order valence-electron chi connectivity index (χ4n) is 8.75. The van der Waals surface area contributed by atoms with Gasteiger partial charge in [-0.3, -0.25) is 0 Å². The first-order valence-corrected chi connectivity index (χ1v) is 18.2. The molecule has 3 heterocycles. The number of rotatable bonds is 4. The van der Waals surface area contributed by atoms with Crippen LogP contribution in [0.5, 0.6) is 0 Å². The van der Waals surface area contributed by atoms with Crippen LogP contribution < -0.4 is 0 Å². The third-order valence-electron chi connectivity index (χ3n) is 11.3. The van der Waals surface area contributed by atoms with Crippen LogP contribution in [-0.2, 0) is 5.41 Å². The summed E-state index contributed by atoms with van der Waals surface area (Å²) in [6.45, 7) is 4.66. The number of hydrogen-bond donors (Lipinski definition) is 0. The maximum absolute atomic E-state index is 5.37. The van der Waals surface area contributed by atoms with Gasteiger partial charge < -0.3 is 9.13 Å². The zero-order chi connectivity index (χ0) is 35.3. The minimum Gasteiger partial charge on any atom is -0.316 e. The fraction of sp³-hybridized carbons (Fsp3) is 0.0612. The van der Waals surface area contributed by atoms with Crippen molar-refractivity contribution in [2.75, 3.05) is 0 Å². The molecule has 11 rings (SSSR count). The van der Waals surface area contributed by atoms with Gasteiger partial charge >= 0.3 is 0 Å². The zero-order valence-electron chi connectivity index (χ0n) is 29.5. The molecule has 0 bridgehead atoms. The molecule has 7 aromatic carbocycles. The molecule has 0 spiro atoms. The molecule has 0 amide bonds. The van der Waals surface area contributed by atoms with E-state index in [1.54, 1.807) is 0 Å². The van der Waals surface area contributed by atoms with Crippen molar-refractivity contribution >= 4 is 43.6 Å². The van der Waals surface area contributed by atoms with E-state index in [0.717, 1.165) is 44.6 Å². The van der Waals surface area contributed by atoms with E-state index in [1.807, 2.05) is 0 Å². The topological polar surface area (TPSA) is 35.6 Å². The Morgan fingerprint density at radius 2 is 1.23 bits per heavy atom. The molecule has 10 aromatic rings. The van der Waals surface area contributed by atoms with E-state index in [-0.39, 0.29) is 5.41 Å². The maximum atomic E-state index is 5.37. The van der Waals surface area contributed by atoms with Crippen LogP contribution in [0.3, 0.4) is 0 Å². The highest BCUT2D eigenvalue weighted by molar-refractivity contribution is 6.13. The Hall–Kier alpha value is -6.78. The van der Waals surface area contributed by atoms with Crippen LogP contribution in [0.1, 0.15) is 25.0 Å². The Balaban J connectivity index is 1.09. The summed E-state index contributed by atoms with van der Waals surface area (Å²) in [5.74, 6) is 0.713. The van der Waals surface area contributed by atoms with Gasteiger partial charge in [0.15, 0.2) is 5.82 Å². The summed E-state index contributed by atoms with van der Waals surface area (Å²) in [6.07, 6.45) is 2.17. The third kappa shape index (κ3) is 4.42. The second-order valence-electron chi connectivity index (χ2n) is 14.7. The Morgan fingerprint density at radius 3 is 2.13 bits per heavy atom. The summed E-state index contributed by atoms with van der Waals surface area (Å²) in [7, 11) is 0. The molecule has 0 aliphatic heterocycles. The average molecular weight is 679 g/mol. The van der Waals surface area contributed by atoms with Crippen LogP contribution in [-0.4, -0.2) is 19.1 Å². The molecule has 0 radical (unpaired) electrons. The Morgan fingerprint density at radius 1 is 0.472 bits per heavy atom. The molecule has 1 aliphatic carbocycles. The van der Waals surface area contributed by atoms with E-state index >= 15 is 0 Å². The van der Waals surface area contributed by atoms with Crippen molar-refractivity contribution in [3.63, 3.8) is 0 Å². The molecule has 0 atom stereocenters. The standard InChI is InChI=1S/C49H34N4/c1-49(2)41-20-9-6-17-36(41)37-24-23-32(29-42(37)49)47-39-19-7-10-21-43(39)50-48(51-47)33-13-12-16-35(27-33)53-44-22-11-8-18-38(44)40-28-31-25-26-52(45(31)30-46(40)53)34-14-4-3-5-15-34/h3-30H,1-2H3. The van der Waals surface area contributed by atoms with Gasteiger partial charge in [-0.25, -0.2) is 9.97 Å². The van der Waals surface area contributed by atoms with Crippen molar-refractivity contribution in [1.29, 1.82) is 0 Å². The van der Waals surface area contributed by atoms with Gasteiger partial charge in [0.05, 0.1) is 27.8 Å². The first kappa shape index (κ1) is 29.9. The third-order valence-corrected chi connectivity index (χ3v) is 11.3. The van der Waals surface area contributed by atoms with Gasteiger partial charge in [-0.05, 0) is 82.9 Å². The lowest BCUT2D eigenvalue weighted by atomic mass is 9.82. The zero-order valence-corrected chi connectivity index (χ0v) is 29.5. The monoisotopic (exact) mass is 678 g/mol. The van der Waals surface area contributed by atoms with E-state index in [0.29, 0.717) is 5.82 Å². The first-order chi connectivity index (χ1) is 26.0. The number of aromatic nitrogens is 4. The van der Waals surface area contributed by atoms with Crippen LogP contribution in [0.15, 0.2) is 170 Å². The van der Waals surface area contributed by atoms with Crippen molar-refractivity contribution < 1.29 is 0 Å². The predicted molar refractivity (Wildman–Crippen MR) is 219 cm³/mol. The van der Waals surface area contributed by atoms with E-state index < -0.39 is 0 Å². The van der Waals surface area contributed by atoms with Crippen molar-refractivity contribution in [3.05, 3.63) is 181 Å². The molecule has 0 N–H and O–H groups in total. The van der Waals surface area contributed by atoms with Crippen LogP contribution in [0.2, 0.25) is 0 Å². The highest BCUT2D eigenvalue weighted by Crippen LogP contribution is 2.49. The van der Waals surface area contributed by atoms with Gasteiger partial charge in [0.1, 0.15) is 0 Å². The summed E-state index contributed by atoms with van der Waals surface area (Å²) >= 11 is 0. The summed E-state index contributed by atoms with van der Waals surface area (Å²) in [5, 5.41) is 4.73. The van der Waals surface area contributed by atoms with E-state index in [9.17, 15) is 0 Å². The molecule has 53 heavy (non-hydrogen) atoms. The Labute approximate surface area is 307 Å². The molecule has 3 aromatic heterocycles.